The molecule has 1 aromatic heterocycles. The van der Waals surface area contributed by atoms with Gasteiger partial charge in [0.1, 0.15) is 0 Å². The van der Waals surface area contributed by atoms with Gasteiger partial charge in [-0.05, 0) is 12.0 Å². The molecule has 0 bridgehead atoms. The largest absolute Gasteiger partial charge is 0.374 e. The lowest BCUT2D eigenvalue weighted by molar-refractivity contribution is -0.0499. The highest BCUT2D eigenvalue weighted by Crippen LogP contribution is 2.15. The Morgan fingerprint density at radius 2 is 2.26 bits per heavy atom. The van der Waals surface area contributed by atoms with Gasteiger partial charge in [0, 0.05) is 37.6 Å². The molecule has 2 atom stereocenters. The van der Waals surface area contributed by atoms with E-state index in [0.29, 0.717) is 6.04 Å². The van der Waals surface area contributed by atoms with Gasteiger partial charge in [0.15, 0.2) is 0 Å². The lowest BCUT2D eigenvalue weighted by Gasteiger charge is -2.37. The topological polar surface area (TPSA) is 37.4 Å². The van der Waals surface area contributed by atoms with Gasteiger partial charge in [0.2, 0.25) is 0 Å². The second kappa shape index (κ2) is 8.55. The zero-order chi connectivity index (χ0) is 15.9. The third kappa shape index (κ3) is 4.85. The summed E-state index contributed by atoms with van der Waals surface area (Å²) in [6.45, 7) is 6.85. The third-order valence-corrected chi connectivity index (χ3v) is 4.98. The van der Waals surface area contributed by atoms with Crippen molar-refractivity contribution in [3.8, 4) is 0 Å². The zero-order valence-corrected chi connectivity index (χ0v) is 14.5. The highest BCUT2D eigenvalue weighted by molar-refractivity contribution is 7.07. The average molecular weight is 331 g/mol. The van der Waals surface area contributed by atoms with Gasteiger partial charge in [-0.15, -0.1) is 11.3 Å². The fourth-order valence-corrected chi connectivity index (χ4v) is 3.62. The van der Waals surface area contributed by atoms with Gasteiger partial charge in [-0.1, -0.05) is 37.3 Å². The van der Waals surface area contributed by atoms with Gasteiger partial charge in [-0.25, -0.2) is 4.98 Å². The highest BCUT2D eigenvalue weighted by atomic mass is 32.1. The van der Waals surface area contributed by atoms with Crippen LogP contribution in [0.5, 0.6) is 0 Å². The minimum atomic E-state index is 0.246. The summed E-state index contributed by atoms with van der Waals surface area (Å²) in [5.74, 6) is 0. The minimum Gasteiger partial charge on any atom is -0.374 e. The maximum atomic E-state index is 6.05. The molecule has 5 heteroatoms. The Bertz CT molecular complexity index is 561. The molecule has 2 aromatic rings. The fraction of sp³-hybridized carbons (Fsp3) is 0.500. The van der Waals surface area contributed by atoms with Crippen molar-refractivity contribution in [3.63, 3.8) is 0 Å². The van der Waals surface area contributed by atoms with E-state index < -0.39 is 0 Å². The Morgan fingerprint density at radius 3 is 3.00 bits per heavy atom. The van der Waals surface area contributed by atoms with Crippen molar-refractivity contribution in [3.05, 3.63) is 52.5 Å². The summed E-state index contributed by atoms with van der Waals surface area (Å²) in [5, 5.41) is 5.72. The van der Waals surface area contributed by atoms with E-state index >= 15 is 0 Å². The predicted molar refractivity (Wildman–Crippen MR) is 94.5 cm³/mol. The summed E-state index contributed by atoms with van der Waals surface area (Å²) in [6, 6.07) is 11.1. The van der Waals surface area contributed by atoms with Crippen LogP contribution in [0.4, 0.5) is 0 Å². The Hall–Kier alpha value is -1.27. The Balaban J connectivity index is 1.53. The number of morpholine rings is 1. The molecule has 1 aliphatic heterocycles. The fourth-order valence-electron chi connectivity index (χ4n) is 3.06. The molecule has 1 aromatic carbocycles. The maximum Gasteiger partial charge on any atom is 0.0855 e. The minimum absolute atomic E-state index is 0.246. The summed E-state index contributed by atoms with van der Waals surface area (Å²) < 4.78 is 6.05. The average Bonchev–Trinajstić information content (AvgIpc) is 3.10. The molecule has 0 unspecified atom stereocenters. The summed E-state index contributed by atoms with van der Waals surface area (Å²) in [7, 11) is 0. The molecule has 1 fully saturated rings. The van der Waals surface area contributed by atoms with Crippen LogP contribution in [0.15, 0.2) is 41.2 Å². The van der Waals surface area contributed by atoms with Crippen LogP contribution in [0.2, 0.25) is 0 Å². The molecule has 2 heterocycles. The molecule has 4 nitrogen and oxygen atoms in total. The molecule has 3 rings (SSSR count). The van der Waals surface area contributed by atoms with Gasteiger partial charge in [-0.3, -0.25) is 4.90 Å². The van der Waals surface area contributed by atoms with Crippen molar-refractivity contribution >= 4 is 11.3 Å². The Labute approximate surface area is 142 Å². The summed E-state index contributed by atoms with van der Waals surface area (Å²) in [5.41, 5.74) is 4.37. The van der Waals surface area contributed by atoms with Gasteiger partial charge in [0.05, 0.1) is 23.9 Å². The quantitative estimate of drug-likeness (QED) is 0.846. The molecule has 23 heavy (non-hydrogen) atoms. The summed E-state index contributed by atoms with van der Waals surface area (Å²) in [4.78, 5) is 6.84. The van der Waals surface area contributed by atoms with Gasteiger partial charge >= 0.3 is 0 Å². The molecule has 1 aliphatic rings. The van der Waals surface area contributed by atoms with Crippen LogP contribution in [-0.4, -0.2) is 41.7 Å². The zero-order valence-electron chi connectivity index (χ0n) is 13.6. The first-order valence-electron chi connectivity index (χ1n) is 8.33. The first-order valence-corrected chi connectivity index (χ1v) is 9.27. The maximum absolute atomic E-state index is 6.05. The van der Waals surface area contributed by atoms with Gasteiger partial charge in [-0.2, -0.15) is 0 Å². The van der Waals surface area contributed by atoms with E-state index in [1.54, 1.807) is 11.3 Å². The van der Waals surface area contributed by atoms with Crippen molar-refractivity contribution in [1.82, 2.24) is 15.2 Å². The van der Waals surface area contributed by atoms with Crippen molar-refractivity contribution in [2.45, 2.75) is 38.6 Å². The van der Waals surface area contributed by atoms with Gasteiger partial charge < -0.3 is 10.1 Å². The Morgan fingerprint density at radius 1 is 1.39 bits per heavy atom. The first kappa shape index (κ1) is 16.6. The number of ether oxygens (including phenoxy) is 1. The third-order valence-electron chi connectivity index (χ3n) is 4.34. The molecular formula is C18H25N3OS. The molecule has 0 amide bonds. The van der Waals surface area contributed by atoms with Crippen LogP contribution in [-0.2, 0) is 17.8 Å². The van der Waals surface area contributed by atoms with Crippen LogP contribution in [0.1, 0.15) is 24.6 Å². The Kier molecular flexibility index (Phi) is 6.16. The molecule has 124 valence electrons. The van der Waals surface area contributed by atoms with Crippen LogP contribution in [0.3, 0.4) is 0 Å². The van der Waals surface area contributed by atoms with Gasteiger partial charge in [0.25, 0.3) is 0 Å². The number of rotatable bonds is 7. The highest BCUT2D eigenvalue weighted by Gasteiger charge is 2.27. The number of hydrogen-bond donors (Lipinski definition) is 1. The van der Waals surface area contributed by atoms with Crippen molar-refractivity contribution in [1.29, 1.82) is 0 Å². The smallest absolute Gasteiger partial charge is 0.0855 e. The van der Waals surface area contributed by atoms with Crippen molar-refractivity contribution < 1.29 is 4.74 Å². The monoisotopic (exact) mass is 331 g/mol. The second-order valence-corrected chi connectivity index (χ2v) is 6.72. The number of nitrogens with one attached hydrogen (secondary N) is 1. The van der Waals surface area contributed by atoms with Crippen LogP contribution in [0.25, 0.3) is 0 Å². The van der Waals surface area contributed by atoms with E-state index in [9.17, 15) is 0 Å². The number of nitrogens with zero attached hydrogens (tertiary/aromatic N) is 2. The second-order valence-electron chi connectivity index (χ2n) is 6.01. The molecule has 1 saturated heterocycles. The molecule has 0 radical (unpaired) electrons. The summed E-state index contributed by atoms with van der Waals surface area (Å²) >= 11 is 1.65. The van der Waals surface area contributed by atoms with Crippen LogP contribution >= 0.6 is 11.3 Å². The van der Waals surface area contributed by atoms with E-state index in [1.807, 2.05) is 5.51 Å². The molecule has 0 saturated carbocycles. The van der Waals surface area contributed by atoms with Crippen molar-refractivity contribution in [2.75, 3.05) is 19.7 Å². The molecule has 0 aliphatic carbocycles. The molecular weight excluding hydrogens is 306 g/mol. The number of aromatic nitrogens is 1. The predicted octanol–water partition coefficient (Wildman–Crippen LogP) is 2.91. The normalized spacial score (nSPS) is 20.5. The SMILES string of the molecule is CC[C@@H](NCc1cscn1)[C@@H]1CN(Cc2ccccc2)CCO1. The van der Waals surface area contributed by atoms with E-state index in [0.717, 1.165) is 44.9 Å². The lowest BCUT2D eigenvalue weighted by atomic mass is 10.1. The van der Waals surface area contributed by atoms with Crippen LogP contribution < -0.4 is 5.32 Å². The van der Waals surface area contributed by atoms with E-state index in [2.05, 4.69) is 57.8 Å². The first-order chi connectivity index (χ1) is 11.3. The van der Waals surface area contributed by atoms with Crippen LogP contribution in [0, 0.1) is 0 Å². The van der Waals surface area contributed by atoms with E-state index in [1.165, 1.54) is 5.56 Å². The standard InChI is InChI=1S/C18H25N3OS/c1-2-17(19-10-16-13-23-14-20-16)18-12-21(8-9-22-18)11-15-6-4-3-5-7-15/h3-7,13-14,17-19H,2,8-12H2,1H3/t17-,18+/m1/s1. The number of hydrogen-bond acceptors (Lipinski definition) is 5. The number of thiazole rings is 1. The summed E-state index contributed by atoms with van der Waals surface area (Å²) in [6.07, 6.45) is 1.31. The van der Waals surface area contributed by atoms with E-state index in [-0.39, 0.29) is 6.10 Å². The molecule has 1 N–H and O–H groups in total. The number of benzene rings is 1. The van der Waals surface area contributed by atoms with Crippen molar-refractivity contribution in [2.24, 2.45) is 0 Å². The van der Waals surface area contributed by atoms with E-state index in [4.69, 9.17) is 4.74 Å². The molecule has 0 spiro atoms. The lowest BCUT2D eigenvalue weighted by Crippen LogP contribution is -2.51.